The molecular weight excluding hydrogens is 1350 g/mol. The summed E-state index contributed by atoms with van der Waals surface area (Å²) in [6.07, 6.45) is -12.7. The Kier molecular flexibility index (Phi) is 28.3. The molecule has 7 aromatic carbocycles. The van der Waals surface area contributed by atoms with Crippen molar-refractivity contribution < 1.29 is 52.7 Å². The normalized spacial score (nSPS) is 10.3. The Morgan fingerprint density at radius 2 is 0.773 bits per heavy atom. The molecule has 0 bridgehead atoms. The lowest BCUT2D eigenvalue weighted by Gasteiger charge is -2.07. The van der Waals surface area contributed by atoms with E-state index < -0.39 is 35.2 Å². The number of halogens is 19. The molecule has 20 heteroatoms. The fourth-order valence-corrected chi connectivity index (χ4v) is 6.21. The molecule has 0 N–H and O–H groups in total. The van der Waals surface area contributed by atoms with Gasteiger partial charge >= 0.3 is 18.5 Å². The average Bonchev–Trinajstić information content (AvgIpc) is 3.24. The van der Waals surface area contributed by atoms with E-state index in [0.717, 1.165) is 43.7 Å². The first kappa shape index (κ1) is 60.6. The van der Waals surface area contributed by atoms with Crippen LogP contribution in [-0.2, 0) is 18.5 Å². The Hall–Kier alpha value is -3.45. The van der Waals surface area contributed by atoms with Crippen molar-refractivity contribution in [1.29, 1.82) is 5.26 Å². The van der Waals surface area contributed by atoms with Gasteiger partial charge in [0.25, 0.3) is 0 Å². The van der Waals surface area contributed by atoms with Crippen LogP contribution in [0.15, 0.2) is 201 Å². The summed E-state index contributed by atoms with van der Waals surface area (Å²) < 4.78 is 148. The monoisotopic (exact) mass is 1370 g/mol. The topological polar surface area (TPSA) is 23.8 Å². The Morgan fingerprint density at radius 3 is 1.09 bits per heavy atom. The van der Waals surface area contributed by atoms with Gasteiger partial charge in [0.1, 0.15) is 17.5 Å². The van der Waals surface area contributed by atoms with Crippen molar-refractivity contribution in [2.45, 2.75) is 18.5 Å². The molecule has 0 aromatic heterocycles. The molecule has 0 radical (unpaired) electrons. The van der Waals surface area contributed by atoms with Gasteiger partial charge < -0.3 is 0 Å². The standard InChI is InChI=1S/3C7H4BrF3.C7H4BrN.3C6H4BrF/c8-6-3-1-5(2-4-6)7(9,10)11;8-6-3-1-2-5(4-6)7(9,10)11;8-6-4-2-1-3-5(6)7(9,10)11;8-7-3-1-6(5-9)2-4-7;7-5-1-3-6(8)4-2-5;7-5-2-1-3-6(8)4-5;7-5-3-1-2-4-6(5)8/h3*1-4H;1-4H;3*1-4H. The fourth-order valence-electron chi connectivity index (χ4n) is 3.85. The summed E-state index contributed by atoms with van der Waals surface area (Å²) >= 11 is 21.4. The van der Waals surface area contributed by atoms with Crippen molar-refractivity contribution >= 4 is 112 Å². The highest BCUT2D eigenvalue weighted by Gasteiger charge is 2.32. The third-order valence-electron chi connectivity index (χ3n) is 6.89. The Balaban J connectivity index is 0.000000387. The lowest BCUT2D eigenvalue weighted by molar-refractivity contribution is -0.138. The van der Waals surface area contributed by atoms with E-state index in [2.05, 4.69) is 112 Å². The molecule has 7 aromatic rings. The van der Waals surface area contributed by atoms with E-state index in [1.165, 1.54) is 60.7 Å². The van der Waals surface area contributed by atoms with E-state index in [-0.39, 0.29) is 21.9 Å². The van der Waals surface area contributed by atoms with Gasteiger partial charge in [0.15, 0.2) is 0 Å². The first-order chi connectivity index (χ1) is 30.7. The number of nitriles is 1. The van der Waals surface area contributed by atoms with Gasteiger partial charge in [0.05, 0.1) is 32.8 Å². The van der Waals surface area contributed by atoms with Crippen molar-refractivity contribution in [2.75, 3.05) is 0 Å². The first-order valence-electron chi connectivity index (χ1n) is 17.6. The second-order valence-corrected chi connectivity index (χ2v) is 18.2. The molecule has 0 aliphatic rings. The molecule has 0 saturated heterocycles. The minimum atomic E-state index is -4.26. The molecule has 1 nitrogen and oxygen atoms in total. The highest BCUT2D eigenvalue weighted by atomic mass is 79.9. The van der Waals surface area contributed by atoms with Gasteiger partial charge in [-0.15, -0.1) is 0 Å². The van der Waals surface area contributed by atoms with E-state index in [4.69, 9.17) is 5.26 Å². The molecule has 66 heavy (non-hydrogen) atoms. The van der Waals surface area contributed by atoms with E-state index >= 15 is 0 Å². The molecule has 0 atom stereocenters. The van der Waals surface area contributed by atoms with Crippen LogP contribution in [0.25, 0.3) is 0 Å². The summed E-state index contributed by atoms with van der Waals surface area (Å²) in [5.41, 5.74) is -1.20. The maximum absolute atomic E-state index is 12.3. The third kappa shape index (κ3) is 27.4. The largest absolute Gasteiger partial charge is 0.417 e. The van der Waals surface area contributed by atoms with Crippen molar-refractivity contribution in [1.82, 2.24) is 0 Å². The summed E-state index contributed by atoms with van der Waals surface area (Å²) in [5.74, 6) is -0.625. The highest BCUT2D eigenvalue weighted by Crippen LogP contribution is 2.34. The summed E-state index contributed by atoms with van der Waals surface area (Å²) in [6.45, 7) is 0. The maximum atomic E-state index is 12.3. The van der Waals surface area contributed by atoms with E-state index in [1.54, 1.807) is 66.7 Å². The molecule has 0 saturated carbocycles. The van der Waals surface area contributed by atoms with Crippen molar-refractivity contribution in [3.63, 3.8) is 0 Å². The molecule has 7 rings (SSSR count). The van der Waals surface area contributed by atoms with Crippen LogP contribution >= 0.6 is 112 Å². The smallest absolute Gasteiger partial charge is 0.207 e. The van der Waals surface area contributed by atoms with Crippen LogP contribution in [0.4, 0.5) is 52.7 Å². The number of nitrogens with zero attached hydrogens (tertiary/aromatic N) is 1. The molecule has 0 spiro atoms. The van der Waals surface area contributed by atoms with Crippen molar-refractivity contribution in [2.24, 2.45) is 0 Å². The fraction of sp³-hybridized carbons (Fsp3) is 0.0652. The van der Waals surface area contributed by atoms with Crippen LogP contribution in [0.2, 0.25) is 0 Å². The molecule has 0 heterocycles. The minimum absolute atomic E-state index is 0.0764. The number of rotatable bonds is 0. The summed E-state index contributed by atoms with van der Waals surface area (Å²) in [4.78, 5) is 0. The molecule has 0 fully saturated rings. The van der Waals surface area contributed by atoms with Crippen LogP contribution in [0.5, 0.6) is 0 Å². The maximum Gasteiger partial charge on any atom is 0.417 e. The second kappa shape index (κ2) is 30.8. The van der Waals surface area contributed by atoms with Gasteiger partial charge in [-0.05, 0) is 149 Å². The number of benzene rings is 7. The zero-order valence-electron chi connectivity index (χ0n) is 32.8. The molecule has 0 aliphatic heterocycles. The van der Waals surface area contributed by atoms with Crippen molar-refractivity contribution in [3.8, 4) is 6.07 Å². The van der Waals surface area contributed by atoms with Gasteiger partial charge in [0.2, 0.25) is 0 Å². The van der Waals surface area contributed by atoms with E-state index in [1.807, 2.05) is 18.2 Å². The predicted molar refractivity (Wildman–Crippen MR) is 259 cm³/mol. The lowest BCUT2D eigenvalue weighted by Crippen LogP contribution is -2.05. The predicted octanol–water partition coefficient (Wildman–Crippen LogP) is 20.5. The summed E-state index contributed by atoms with van der Waals surface area (Å²) in [5, 5.41) is 8.36. The Labute approximate surface area is 431 Å². The minimum Gasteiger partial charge on any atom is -0.207 e. The molecule has 350 valence electrons. The number of alkyl halides is 9. The molecular formula is C46H28Br7F12N. The van der Waals surface area contributed by atoms with Crippen LogP contribution in [0.1, 0.15) is 22.3 Å². The van der Waals surface area contributed by atoms with Gasteiger partial charge in [0, 0.05) is 26.8 Å². The van der Waals surface area contributed by atoms with Gasteiger partial charge in [-0.3, -0.25) is 0 Å². The van der Waals surface area contributed by atoms with Gasteiger partial charge in [-0.25, -0.2) is 13.2 Å². The summed E-state index contributed by atoms with van der Waals surface area (Å²) in [6, 6.07) is 43.2. The van der Waals surface area contributed by atoms with Crippen LogP contribution in [-0.4, -0.2) is 0 Å². The summed E-state index contributed by atoms with van der Waals surface area (Å²) in [7, 11) is 0. The van der Waals surface area contributed by atoms with Crippen LogP contribution < -0.4 is 0 Å². The SMILES string of the molecule is FC(F)(F)c1ccc(Br)cc1.FC(F)(F)c1cccc(Br)c1.FC(F)(F)c1ccccc1Br.Fc1ccc(Br)cc1.Fc1cccc(Br)c1.Fc1ccccc1Br.N#Cc1ccc(Br)cc1. The number of hydrogen-bond acceptors (Lipinski definition) is 1. The van der Waals surface area contributed by atoms with Crippen LogP contribution in [0, 0.1) is 28.8 Å². The van der Waals surface area contributed by atoms with E-state index in [9.17, 15) is 52.7 Å². The second-order valence-electron chi connectivity index (χ2n) is 11.9. The van der Waals surface area contributed by atoms with Crippen molar-refractivity contribution in [3.05, 3.63) is 241 Å². The third-order valence-corrected chi connectivity index (χ3v) is 10.8. The molecule has 0 unspecified atom stereocenters. The lowest BCUT2D eigenvalue weighted by atomic mass is 10.2. The average molecular weight is 1380 g/mol. The van der Waals surface area contributed by atoms with E-state index in [0.29, 0.717) is 19.0 Å². The first-order valence-corrected chi connectivity index (χ1v) is 23.1. The quantitative estimate of drug-likeness (QED) is 0.139. The zero-order valence-corrected chi connectivity index (χ0v) is 43.9. The Bertz CT molecular complexity index is 2450. The highest BCUT2D eigenvalue weighted by molar-refractivity contribution is 9.11. The molecule has 0 aliphatic carbocycles. The van der Waals surface area contributed by atoms with Gasteiger partial charge in [-0.2, -0.15) is 44.8 Å². The van der Waals surface area contributed by atoms with Gasteiger partial charge in [-0.1, -0.05) is 132 Å². The molecule has 0 amide bonds. The van der Waals surface area contributed by atoms with Crippen LogP contribution in [0.3, 0.4) is 0 Å². The number of hydrogen-bond donors (Lipinski definition) is 0. The zero-order chi connectivity index (χ0) is 50.1. The Morgan fingerprint density at radius 1 is 0.348 bits per heavy atom.